The van der Waals surface area contributed by atoms with E-state index in [1.54, 1.807) is 0 Å². The molecular weight excluding hydrogens is 568 g/mol. The number of hydrogen-bond donors (Lipinski definition) is 0. The summed E-state index contributed by atoms with van der Waals surface area (Å²) in [5, 5.41) is 0. The van der Waals surface area contributed by atoms with Gasteiger partial charge in [-0.1, -0.05) is 0 Å². The van der Waals surface area contributed by atoms with Crippen LogP contribution >= 0.6 is 0 Å². The summed E-state index contributed by atoms with van der Waals surface area (Å²) in [5.74, 6) is 0. The largest absolute Gasteiger partial charge is 0.377 e. The monoisotopic (exact) mass is 620 g/mol. The summed E-state index contributed by atoms with van der Waals surface area (Å²) < 4.78 is 85.8. The first-order chi connectivity index (χ1) is 20.1. The van der Waals surface area contributed by atoms with Gasteiger partial charge in [-0.2, -0.15) is 8.42 Å². The Labute approximate surface area is 245 Å². The molecule has 1 aliphatic heterocycles. The maximum Gasteiger partial charge on any atom is 0.264 e. The van der Waals surface area contributed by atoms with Crippen LogP contribution in [-0.4, -0.2) is 160 Å². The van der Waals surface area contributed by atoms with E-state index in [9.17, 15) is 8.42 Å². The van der Waals surface area contributed by atoms with Gasteiger partial charge in [0, 0.05) is 6.61 Å². The van der Waals surface area contributed by atoms with Crippen molar-refractivity contribution >= 4 is 10.1 Å². The van der Waals surface area contributed by atoms with Crippen molar-refractivity contribution in [1.29, 1.82) is 0 Å². The molecule has 0 bridgehead atoms. The molecule has 1 atom stereocenters. The molecule has 0 N–H and O–H groups in total. The fraction of sp³-hybridized carbons (Fsp3) is 1.00. The Morgan fingerprint density at radius 1 is 0.488 bits per heavy atom. The maximum atomic E-state index is 10.8. The summed E-state index contributed by atoms with van der Waals surface area (Å²) in [6, 6.07) is 0. The van der Waals surface area contributed by atoms with Crippen LogP contribution in [0.3, 0.4) is 0 Å². The van der Waals surface area contributed by atoms with Crippen molar-refractivity contribution in [2.75, 3.05) is 145 Å². The van der Waals surface area contributed by atoms with Crippen molar-refractivity contribution in [3.63, 3.8) is 0 Å². The highest BCUT2D eigenvalue weighted by Crippen LogP contribution is 2.13. The Kier molecular flexibility index (Phi) is 27.7. The van der Waals surface area contributed by atoms with Crippen LogP contribution in [0, 0.1) is 0 Å². The zero-order valence-electron chi connectivity index (χ0n) is 24.7. The Morgan fingerprint density at radius 2 is 0.805 bits per heavy atom. The lowest BCUT2D eigenvalue weighted by molar-refractivity contribution is -0.169. The SMILES string of the molecule is CS(=O)(=O)OCCOCCOCCOCCOCCOCCOCCOCCOCCOCCOC1CCCCO1. The van der Waals surface area contributed by atoms with Gasteiger partial charge in [-0.15, -0.1) is 0 Å². The van der Waals surface area contributed by atoms with Crippen molar-refractivity contribution in [2.24, 2.45) is 0 Å². The van der Waals surface area contributed by atoms with Crippen LogP contribution in [-0.2, 0) is 66.4 Å². The molecule has 15 heteroatoms. The van der Waals surface area contributed by atoms with Gasteiger partial charge in [0.1, 0.15) is 0 Å². The van der Waals surface area contributed by atoms with E-state index < -0.39 is 10.1 Å². The molecule has 1 saturated heterocycles. The van der Waals surface area contributed by atoms with Crippen LogP contribution in [0.4, 0.5) is 0 Å². The lowest BCUT2D eigenvalue weighted by Crippen LogP contribution is -2.24. The van der Waals surface area contributed by atoms with Gasteiger partial charge in [0.2, 0.25) is 0 Å². The molecule has 0 aromatic heterocycles. The fourth-order valence-electron chi connectivity index (χ4n) is 3.19. The third kappa shape index (κ3) is 30.7. The summed E-state index contributed by atoms with van der Waals surface area (Å²) in [4.78, 5) is 0. The van der Waals surface area contributed by atoms with Gasteiger partial charge in [0.05, 0.1) is 138 Å². The predicted octanol–water partition coefficient (Wildman–Crippen LogP) is 0.655. The van der Waals surface area contributed by atoms with Crippen LogP contribution in [0.15, 0.2) is 0 Å². The molecule has 246 valence electrons. The molecule has 1 rings (SSSR count). The molecule has 0 aliphatic carbocycles. The van der Waals surface area contributed by atoms with Crippen molar-refractivity contribution in [1.82, 2.24) is 0 Å². The highest BCUT2D eigenvalue weighted by molar-refractivity contribution is 7.85. The van der Waals surface area contributed by atoms with E-state index in [2.05, 4.69) is 4.18 Å². The first-order valence-corrected chi connectivity index (χ1v) is 16.2. The second-order valence-electron chi connectivity index (χ2n) is 8.70. The van der Waals surface area contributed by atoms with Gasteiger partial charge in [0.15, 0.2) is 6.29 Å². The quantitative estimate of drug-likeness (QED) is 0.0766. The zero-order chi connectivity index (χ0) is 29.5. The summed E-state index contributed by atoms with van der Waals surface area (Å²) >= 11 is 0. The van der Waals surface area contributed by atoms with Crippen LogP contribution in [0.2, 0.25) is 0 Å². The van der Waals surface area contributed by atoms with E-state index >= 15 is 0 Å². The third-order valence-corrected chi connectivity index (χ3v) is 5.77. The van der Waals surface area contributed by atoms with Gasteiger partial charge >= 0.3 is 0 Å². The van der Waals surface area contributed by atoms with Crippen LogP contribution in [0.5, 0.6) is 0 Å². The van der Waals surface area contributed by atoms with Gasteiger partial charge in [-0.05, 0) is 19.3 Å². The van der Waals surface area contributed by atoms with E-state index in [4.69, 9.17) is 52.1 Å². The highest BCUT2D eigenvalue weighted by atomic mass is 32.2. The minimum Gasteiger partial charge on any atom is -0.377 e. The molecule has 0 spiro atoms. The topological polar surface area (TPSA) is 145 Å². The second-order valence-corrected chi connectivity index (χ2v) is 10.3. The average Bonchev–Trinajstić information content (AvgIpc) is 2.96. The number of rotatable bonds is 32. The molecule has 0 aromatic carbocycles. The molecule has 1 fully saturated rings. The molecule has 1 unspecified atom stereocenters. The van der Waals surface area contributed by atoms with E-state index in [1.165, 1.54) is 0 Å². The molecule has 41 heavy (non-hydrogen) atoms. The Balaban J connectivity index is 1.62. The average molecular weight is 621 g/mol. The van der Waals surface area contributed by atoms with Crippen molar-refractivity contribution in [3.05, 3.63) is 0 Å². The standard InChI is InChI=1S/C26H52O14S/c1-41(27,28)40-25-23-37-21-19-35-17-15-33-13-11-31-9-7-29-6-8-30-10-12-32-14-16-34-18-20-36-22-24-39-26-4-2-3-5-38-26/h26H,2-25H2,1H3. The third-order valence-electron chi connectivity index (χ3n) is 5.17. The normalized spacial score (nSPS) is 16.0. The van der Waals surface area contributed by atoms with Gasteiger partial charge in [0.25, 0.3) is 10.1 Å². The molecule has 1 aliphatic rings. The molecule has 0 radical (unpaired) electrons. The van der Waals surface area contributed by atoms with E-state index in [0.717, 1.165) is 32.1 Å². The molecule has 0 saturated carbocycles. The summed E-state index contributed by atoms with van der Waals surface area (Å²) in [6.07, 6.45) is 4.17. The zero-order valence-corrected chi connectivity index (χ0v) is 25.5. The number of ether oxygens (including phenoxy) is 11. The van der Waals surface area contributed by atoms with Gasteiger partial charge in [-0.3, -0.25) is 4.18 Å². The second kappa shape index (κ2) is 29.5. The van der Waals surface area contributed by atoms with Gasteiger partial charge < -0.3 is 52.1 Å². The van der Waals surface area contributed by atoms with Crippen molar-refractivity contribution < 1.29 is 64.7 Å². The van der Waals surface area contributed by atoms with Crippen LogP contribution < -0.4 is 0 Å². The Bertz CT molecular complexity index is 634. The lowest BCUT2D eigenvalue weighted by atomic mass is 10.2. The minimum atomic E-state index is -3.42. The molecule has 14 nitrogen and oxygen atoms in total. The van der Waals surface area contributed by atoms with E-state index in [-0.39, 0.29) is 19.5 Å². The smallest absolute Gasteiger partial charge is 0.264 e. The highest BCUT2D eigenvalue weighted by Gasteiger charge is 2.13. The molecule has 0 amide bonds. The molecule has 1 heterocycles. The maximum absolute atomic E-state index is 10.8. The summed E-state index contributed by atoms with van der Waals surface area (Å²) in [5.41, 5.74) is 0. The molecular formula is C26H52O14S. The first-order valence-electron chi connectivity index (χ1n) is 14.4. The van der Waals surface area contributed by atoms with Crippen LogP contribution in [0.1, 0.15) is 19.3 Å². The van der Waals surface area contributed by atoms with Crippen LogP contribution in [0.25, 0.3) is 0 Å². The fourth-order valence-corrected chi connectivity index (χ4v) is 3.56. The Hall–Kier alpha value is -0.530. The van der Waals surface area contributed by atoms with Gasteiger partial charge in [-0.25, -0.2) is 0 Å². The van der Waals surface area contributed by atoms with Crippen molar-refractivity contribution in [3.8, 4) is 0 Å². The van der Waals surface area contributed by atoms with E-state index in [0.29, 0.717) is 119 Å². The first kappa shape index (κ1) is 38.5. The predicted molar refractivity (Wildman–Crippen MR) is 148 cm³/mol. The summed E-state index contributed by atoms with van der Waals surface area (Å²) in [6.45, 7) is 9.69. The number of hydrogen-bond acceptors (Lipinski definition) is 14. The van der Waals surface area contributed by atoms with E-state index in [1.807, 2.05) is 0 Å². The summed E-state index contributed by atoms with van der Waals surface area (Å²) in [7, 11) is -3.42. The minimum absolute atomic E-state index is 0.000108. The van der Waals surface area contributed by atoms with Crippen molar-refractivity contribution in [2.45, 2.75) is 25.6 Å². The molecule has 0 aromatic rings. The Morgan fingerprint density at radius 3 is 1.10 bits per heavy atom. The lowest BCUT2D eigenvalue weighted by Gasteiger charge is -2.22.